The van der Waals surface area contributed by atoms with Crippen molar-refractivity contribution in [3.63, 3.8) is 0 Å². The Morgan fingerprint density at radius 2 is 2.12 bits per heavy atom. The number of aromatic nitrogens is 2. The van der Waals surface area contributed by atoms with E-state index >= 15 is 0 Å². The Hall–Kier alpha value is -1.41. The minimum absolute atomic E-state index is 0.0214. The van der Waals surface area contributed by atoms with Gasteiger partial charge in [-0.05, 0) is 14.0 Å². The smallest absolute Gasteiger partial charge is 0.213 e. The van der Waals surface area contributed by atoms with Crippen LogP contribution in [0.25, 0.3) is 0 Å². The van der Waals surface area contributed by atoms with Crippen molar-refractivity contribution in [1.82, 2.24) is 14.7 Å². The average molecular weight is 245 g/mol. The highest BCUT2D eigenvalue weighted by Crippen LogP contribution is 2.06. The first-order valence-electron chi connectivity index (χ1n) is 4.69. The summed E-state index contributed by atoms with van der Waals surface area (Å²) >= 11 is 0. The molecule has 0 amide bonds. The van der Waals surface area contributed by atoms with E-state index in [-0.39, 0.29) is 12.3 Å². The third-order valence-electron chi connectivity index (χ3n) is 1.85. The fourth-order valence-electron chi connectivity index (χ4n) is 1.10. The maximum atomic E-state index is 11.1. The minimum Gasteiger partial charge on any atom is -0.384 e. The number of nitrogens with two attached hydrogens (primary N) is 1. The summed E-state index contributed by atoms with van der Waals surface area (Å²) < 4.78 is 24.5. The summed E-state index contributed by atoms with van der Waals surface area (Å²) in [6.45, 7) is 1.98. The molecular formula is C8H15N5O2S. The Bertz CT molecular complexity index is 439. The molecule has 0 unspecified atom stereocenters. The third kappa shape index (κ3) is 3.99. The van der Waals surface area contributed by atoms with E-state index in [1.165, 1.54) is 7.05 Å². The molecule has 0 spiro atoms. The lowest BCUT2D eigenvalue weighted by Gasteiger charge is -2.06. The summed E-state index contributed by atoms with van der Waals surface area (Å²) in [5.41, 5.74) is 5.52. The van der Waals surface area contributed by atoms with Crippen LogP contribution in [0.15, 0.2) is 6.07 Å². The van der Waals surface area contributed by atoms with Crippen LogP contribution in [0.5, 0.6) is 0 Å². The molecular weight excluding hydrogens is 230 g/mol. The molecule has 0 aliphatic carbocycles. The lowest BCUT2D eigenvalue weighted by Crippen LogP contribution is -2.26. The fourth-order valence-corrected chi connectivity index (χ4v) is 1.67. The van der Waals surface area contributed by atoms with Gasteiger partial charge in [0.05, 0.1) is 5.75 Å². The molecule has 16 heavy (non-hydrogen) atoms. The van der Waals surface area contributed by atoms with E-state index in [4.69, 9.17) is 5.73 Å². The highest BCUT2D eigenvalue weighted by atomic mass is 32.2. The van der Waals surface area contributed by atoms with E-state index in [2.05, 4.69) is 20.0 Å². The van der Waals surface area contributed by atoms with Gasteiger partial charge in [-0.15, -0.1) is 0 Å². The van der Waals surface area contributed by atoms with Gasteiger partial charge in [-0.2, -0.15) is 0 Å². The molecule has 0 fully saturated rings. The molecule has 90 valence electrons. The Balaban J connectivity index is 2.55. The lowest BCUT2D eigenvalue weighted by molar-refractivity contribution is 0.588. The number of aryl methyl sites for hydroxylation is 1. The van der Waals surface area contributed by atoms with Gasteiger partial charge in [0, 0.05) is 12.6 Å². The second-order valence-electron chi connectivity index (χ2n) is 3.18. The summed E-state index contributed by atoms with van der Waals surface area (Å²) in [7, 11) is -1.82. The first-order valence-corrected chi connectivity index (χ1v) is 6.34. The van der Waals surface area contributed by atoms with Crippen LogP contribution < -0.4 is 15.8 Å². The zero-order valence-electron chi connectivity index (χ0n) is 9.19. The Morgan fingerprint density at radius 1 is 1.44 bits per heavy atom. The summed E-state index contributed by atoms with van der Waals surface area (Å²) in [6, 6.07) is 1.55. The predicted molar refractivity (Wildman–Crippen MR) is 62.5 cm³/mol. The van der Waals surface area contributed by atoms with Gasteiger partial charge in [0.25, 0.3) is 0 Å². The van der Waals surface area contributed by atoms with E-state index in [0.29, 0.717) is 17.5 Å². The van der Waals surface area contributed by atoms with Crippen molar-refractivity contribution in [3.05, 3.63) is 11.9 Å². The maximum absolute atomic E-state index is 11.1. The summed E-state index contributed by atoms with van der Waals surface area (Å²) in [5.74, 6) is 1.40. The number of anilines is 2. The summed E-state index contributed by atoms with van der Waals surface area (Å²) in [5, 5.41) is 2.87. The number of hydrogen-bond donors (Lipinski definition) is 3. The van der Waals surface area contributed by atoms with Crippen LogP contribution in [-0.4, -0.2) is 37.7 Å². The first-order chi connectivity index (χ1) is 7.43. The molecule has 0 bridgehead atoms. The summed E-state index contributed by atoms with van der Waals surface area (Å²) in [6.07, 6.45) is 0. The Labute approximate surface area is 94.5 Å². The summed E-state index contributed by atoms with van der Waals surface area (Å²) in [4.78, 5) is 7.97. The van der Waals surface area contributed by atoms with Crippen molar-refractivity contribution in [1.29, 1.82) is 0 Å². The number of hydrogen-bond acceptors (Lipinski definition) is 6. The molecule has 8 heteroatoms. The normalized spacial score (nSPS) is 11.4. The number of nitrogens with one attached hydrogen (secondary N) is 2. The highest BCUT2D eigenvalue weighted by molar-refractivity contribution is 7.89. The van der Waals surface area contributed by atoms with Crippen molar-refractivity contribution < 1.29 is 8.42 Å². The van der Waals surface area contributed by atoms with Crippen molar-refractivity contribution in [2.24, 2.45) is 0 Å². The molecule has 7 nitrogen and oxygen atoms in total. The van der Waals surface area contributed by atoms with E-state index < -0.39 is 10.0 Å². The fraction of sp³-hybridized carbons (Fsp3) is 0.500. The van der Waals surface area contributed by atoms with Crippen LogP contribution in [0.2, 0.25) is 0 Å². The van der Waals surface area contributed by atoms with Gasteiger partial charge < -0.3 is 11.1 Å². The van der Waals surface area contributed by atoms with Crippen LogP contribution in [0.4, 0.5) is 11.6 Å². The van der Waals surface area contributed by atoms with Gasteiger partial charge in [0.1, 0.15) is 17.5 Å². The van der Waals surface area contributed by atoms with Crippen molar-refractivity contribution in [2.75, 3.05) is 30.4 Å². The molecule has 1 heterocycles. The van der Waals surface area contributed by atoms with E-state index in [0.717, 1.165) is 0 Å². The minimum atomic E-state index is -3.20. The quantitative estimate of drug-likeness (QED) is 0.634. The molecule has 0 saturated heterocycles. The zero-order valence-corrected chi connectivity index (χ0v) is 10.0. The Morgan fingerprint density at radius 3 is 2.69 bits per heavy atom. The molecule has 1 rings (SSSR count). The van der Waals surface area contributed by atoms with Crippen LogP contribution in [0.3, 0.4) is 0 Å². The number of rotatable bonds is 5. The largest absolute Gasteiger partial charge is 0.384 e. The van der Waals surface area contributed by atoms with E-state index in [1.54, 1.807) is 13.0 Å². The zero-order chi connectivity index (χ0) is 12.2. The Kier molecular flexibility index (Phi) is 4.02. The van der Waals surface area contributed by atoms with Crippen LogP contribution >= 0.6 is 0 Å². The molecule has 1 aromatic rings. The lowest BCUT2D eigenvalue weighted by atomic mass is 10.5. The average Bonchev–Trinajstić information content (AvgIpc) is 2.16. The van der Waals surface area contributed by atoms with Crippen LogP contribution in [0, 0.1) is 6.92 Å². The monoisotopic (exact) mass is 245 g/mol. The molecule has 0 saturated carbocycles. The van der Waals surface area contributed by atoms with Gasteiger partial charge in [0.15, 0.2) is 0 Å². The molecule has 1 aromatic heterocycles. The van der Waals surface area contributed by atoms with Crippen LogP contribution in [0.1, 0.15) is 5.82 Å². The second-order valence-corrected chi connectivity index (χ2v) is 5.22. The molecule has 4 N–H and O–H groups in total. The maximum Gasteiger partial charge on any atom is 0.213 e. The second kappa shape index (κ2) is 5.08. The van der Waals surface area contributed by atoms with E-state index in [9.17, 15) is 8.42 Å². The van der Waals surface area contributed by atoms with Crippen molar-refractivity contribution >= 4 is 21.7 Å². The van der Waals surface area contributed by atoms with E-state index in [1.807, 2.05) is 0 Å². The van der Waals surface area contributed by atoms with Gasteiger partial charge in [-0.25, -0.2) is 23.1 Å². The SMILES string of the molecule is CNS(=O)(=O)CCNc1cc(N)nc(C)n1. The number of nitrogens with zero attached hydrogens (tertiary/aromatic N) is 2. The molecule has 0 aliphatic rings. The number of nitrogen functional groups attached to an aromatic ring is 1. The van der Waals surface area contributed by atoms with Gasteiger partial charge in [-0.1, -0.05) is 0 Å². The molecule has 0 radical (unpaired) electrons. The molecule has 0 aliphatic heterocycles. The van der Waals surface area contributed by atoms with Gasteiger partial charge >= 0.3 is 0 Å². The third-order valence-corrected chi connectivity index (χ3v) is 3.21. The van der Waals surface area contributed by atoms with Crippen LogP contribution in [-0.2, 0) is 10.0 Å². The number of sulfonamides is 1. The van der Waals surface area contributed by atoms with Gasteiger partial charge in [0.2, 0.25) is 10.0 Å². The van der Waals surface area contributed by atoms with Crippen molar-refractivity contribution in [2.45, 2.75) is 6.92 Å². The predicted octanol–water partition coefficient (Wildman–Crippen LogP) is -0.672. The van der Waals surface area contributed by atoms with Gasteiger partial charge in [-0.3, -0.25) is 0 Å². The molecule has 0 aromatic carbocycles. The molecule has 0 atom stereocenters. The van der Waals surface area contributed by atoms with Crippen molar-refractivity contribution in [3.8, 4) is 0 Å². The first kappa shape index (κ1) is 12.7. The topological polar surface area (TPSA) is 110 Å². The standard InChI is InChI=1S/C8H15N5O2S/c1-6-12-7(9)5-8(13-6)11-3-4-16(14,15)10-2/h5,10H,3-4H2,1-2H3,(H3,9,11,12,13). The highest BCUT2D eigenvalue weighted by Gasteiger charge is 2.06.